The van der Waals surface area contributed by atoms with Gasteiger partial charge >= 0.3 is 0 Å². The summed E-state index contributed by atoms with van der Waals surface area (Å²) < 4.78 is 4.80. The molecule has 0 radical (unpaired) electrons. The molecule has 2 heterocycles. The van der Waals surface area contributed by atoms with Crippen LogP contribution in [0.15, 0.2) is 60.7 Å². The molecule has 0 aliphatic rings. The van der Waals surface area contributed by atoms with Gasteiger partial charge in [-0.15, -0.1) is 0 Å². The zero-order valence-electron chi connectivity index (χ0n) is 22.3. The minimum absolute atomic E-state index is 1.16. The van der Waals surface area contributed by atoms with Gasteiger partial charge in [-0.2, -0.15) is 0 Å². The molecule has 2 nitrogen and oxygen atoms in total. The standard InChI is InChI=1S/C34H38N2/c1-5-7-9-11-23-21-31-29-15-13-26-25(27(29)17-19-33(31)35(23)3)14-16-30-28(26)18-20-34-32(30)22-24(36(34)4)12-10-8-6-2/h13-22H,5-12H2,1-4H3. The van der Waals surface area contributed by atoms with Gasteiger partial charge < -0.3 is 9.13 Å². The maximum Gasteiger partial charge on any atom is 0.0486 e. The second-order valence-electron chi connectivity index (χ2n) is 10.7. The molecule has 0 bridgehead atoms. The highest BCUT2D eigenvalue weighted by molar-refractivity contribution is 6.24. The largest absolute Gasteiger partial charge is 0.348 e. The van der Waals surface area contributed by atoms with Gasteiger partial charge in [0.15, 0.2) is 0 Å². The van der Waals surface area contributed by atoms with E-state index in [0.29, 0.717) is 0 Å². The van der Waals surface area contributed by atoms with E-state index in [1.165, 1.54) is 104 Å². The number of fused-ring (bicyclic) bond motifs is 9. The number of unbranched alkanes of at least 4 members (excludes halogenated alkanes) is 4. The van der Waals surface area contributed by atoms with Crippen molar-refractivity contribution in [1.29, 1.82) is 0 Å². The maximum atomic E-state index is 2.44. The summed E-state index contributed by atoms with van der Waals surface area (Å²) in [7, 11) is 4.46. The van der Waals surface area contributed by atoms with Crippen LogP contribution in [0.1, 0.15) is 63.8 Å². The molecule has 4 aromatic carbocycles. The van der Waals surface area contributed by atoms with Crippen molar-refractivity contribution >= 4 is 54.1 Å². The van der Waals surface area contributed by atoms with Crippen molar-refractivity contribution in [2.45, 2.75) is 65.2 Å². The number of rotatable bonds is 8. The highest BCUT2D eigenvalue weighted by Gasteiger charge is 2.14. The summed E-state index contributed by atoms with van der Waals surface area (Å²) >= 11 is 0. The molecule has 6 aromatic rings. The van der Waals surface area contributed by atoms with Crippen molar-refractivity contribution < 1.29 is 0 Å². The average Bonchev–Trinajstić information content (AvgIpc) is 3.40. The second kappa shape index (κ2) is 9.32. The van der Waals surface area contributed by atoms with Crippen LogP contribution >= 0.6 is 0 Å². The molecule has 2 aromatic heterocycles. The number of aromatic nitrogens is 2. The van der Waals surface area contributed by atoms with Crippen LogP contribution in [0.2, 0.25) is 0 Å². The Labute approximate surface area is 214 Å². The fourth-order valence-corrected chi connectivity index (χ4v) is 6.38. The van der Waals surface area contributed by atoms with E-state index >= 15 is 0 Å². The van der Waals surface area contributed by atoms with E-state index in [2.05, 4.69) is 97.7 Å². The van der Waals surface area contributed by atoms with Crippen molar-refractivity contribution in [3.63, 3.8) is 0 Å². The summed E-state index contributed by atoms with van der Waals surface area (Å²) in [5.74, 6) is 0. The summed E-state index contributed by atoms with van der Waals surface area (Å²) in [5, 5.41) is 11.0. The van der Waals surface area contributed by atoms with Crippen LogP contribution in [0.3, 0.4) is 0 Å². The van der Waals surface area contributed by atoms with Crippen molar-refractivity contribution in [2.24, 2.45) is 14.1 Å². The first-order chi connectivity index (χ1) is 17.6. The van der Waals surface area contributed by atoms with Gasteiger partial charge in [-0.05, 0) is 82.3 Å². The number of hydrogen-bond donors (Lipinski definition) is 0. The highest BCUT2D eigenvalue weighted by atomic mass is 14.9. The Morgan fingerprint density at radius 1 is 0.444 bits per heavy atom. The summed E-state index contributed by atoms with van der Waals surface area (Å²) in [6, 6.07) is 23.7. The Balaban J connectivity index is 1.51. The number of nitrogens with zero attached hydrogens (tertiary/aromatic N) is 2. The fraction of sp³-hybridized carbons (Fsp3) is 0.353. The van der Waals surface area contributed by atoms with E-state index in [1.807, 2.05) is 0 Å². The van der Waals surface area contributed by atoms with Crippen molar-refractivity contribution in [3.05, 3.63) is 72.1 Å². The van der Waals surface area contributed by atoms with Crippen LogP contribution in [0.4, 0.5) is 0 Å². The minimum Gasteiger partial charge on any atom is -0.348 e. The molecular weight excluding hydrogens is 436 g/mol. The molecule has 0 saturated carbocycles. The Kier molecular flexibility index (Phi) is 5.99. The molecule has 0 aliphatic heterocycles. The molecular formula is C34H38N2. The third-order valence-corrected chi connectivity index (χ3v) is 8.51. The smallest absolute Gasteiger partial charge is 0.0486 e. The molecule has 6 rings (SSSR count). The number of hydrogen-bond acceptors (Lipinski definition) is 0. The quantitative estimate of drug-likeness (QED) is 0.153. The number of benzene rings is 4. The summed E-state index contributed by atoms with van der Waals surface area (Å²) in [6.45, 7) is 4.55. The Morgan fingerprint density at radius 2 is 0.778 bits per heavy atom. The van der Waals surface area contributed by atoms with E-state index < -0.39 is 0 Å². The summed E-state index contributed by atoms with van der Waals surface area (Å²) in [5.41, 5.74) is 5.59. The van der Waals surface area contributed by atoms with Gasteiger partial charge in [-0.1, -0.05) is 75.9 Å². The van der Waals surface area contributed by atoms with Crippen LogP contribution in [-0.4, -0.2) is 9.13 Å². The van der Waals surface area contributed by atoms with Crippen molar-refractivity contribution in [3.8, 4) is 0 Å². The third kappa shape index (κ3) is 3.61. The highest BCUT2D eigenvalue weighted by Crippen LogP contribution is 2.38. The Bertz CT molecular complexity index is 1600. The van der Waals surface area contributed by atoms with Gasteiger partial charge in [0, 0.05) is 47.3 Å². The topological polar surface area (TPSA) is 9.86 Å². The van der Waals surface area contributed by atoms with Crippen molar-refractivity contribution in [1.82, 2.24) is 9.13 Å². The molecule has 0 amide bonds. The van der Waals surface area contributed by atoms with E-state index in [4.69, 9.17) is 0 Å². The molecule has 0 spiro atoms. The van der Waals surface area contributed by atoms with Gasteiger partial charge in [0.05, 0.1) is 0 Å². The van der Waals surface area contributed by atoms with Crippen LogP contribution in [0.5, 0.6) is 0 Å². The van der Waals surface area contributed by atoms with Crippen LogP contribution < -0.4 is 0 Å². The predicted octanol–water partition coefficient (Wildman–Crippen LogP) is 9.59. The SMILES string of the molecule is CCCCCc1cc2c3ccc4c(ccc5c4ccc4c5cc(CCCCC)n4C)c3ccc2n1C. The van der Waals surface area contributed by atoms with Gasteiger partial charge in [0.2, 0.25) is 0 Å². The lowest BCUT2D eigenvalue weighted by atomic mass is 9.94. The first kappa shape index (κ1) is 23.2. The van der Waals surface area contributed by atoms with Crippen LogP contribution in [-0.2, 0) is 26.9 Å². The molecule has 0 saturated heterocycles. The third-order valence-electron chi connectivity index (χ3n) is 8.51. The maximum absolute atomic E-state index is 2.44. The molecule has 36 heavy (non-hydrogen) atoms. The first-order valence-electron chi connectivity index (χ1n) is 14.0. The normalized spacial score (nSPS) is 12.2. The molecule has 0 atom stereocenters. The molecule has 184 valence electrons. The second-order valence-corrected chi connectivity index (χ2v) is 10.7. The van der Waals surface area contributed by atoms with Gasteiger partial charge in [-0.25, -0.2) is 0 Å². The number of aryl methyl sites for hydroxylation is 4. The average molecular weight is 475 g/mol. The first-order valence-corrected chi connectivity index (χ1v) is 14.0. The monoisotopic (exact) mass is 474 g/mol. The van der Waals surface area contributed by atoms with Gasteiger partial charge in [0.25, 0.3) is 0 Å². The molecule has 0 fully saturated rings. The van der Waals surface area contributed by atoms with E-state index in [-0.39, 0.29) is 0 Å². The molecule has 0 N–H and O–H groups in total. The molecule has 0 unspecified atom stereocenters. The van der Waals surface area contributed by atoms with E-state index in [0.717, 1.165) is 12.8 Å². The van der Waals surface area contributed by atoms with Gasteiger partial charge in [-0.3, -0.25) is 0 Å². The molecule has 0 aliphatic carbocycles. The zero-order valence-corrected chi connectivity index (χ0v) is 22.3. The Hall–Kier alpha value is -3.26. The lowest BCUT2D eigenvalue weighted by molar-refractivity contribution is 0.690. The molecule has 2 heteroatoms. The summed E-state index contributed by atoms with van der Waals surface area (Å²) in [4.78, 5) is 0. The zero-order chi connectivity index (χ0) is 24.8. The minimum atomic E-state index is 1.16. The van der Waals surface area contributed by atoms with E-state index in [1.54, 1.807) is 0 Å². The Morgan fingerprint density at radius 3 is 1.14 bits per heavy atom. The van der Waals surface area contributed by atoms with Crippen molar-refractivity contribution in [2.75, 3.05) is 0 Å². The fourth-order valence-electron chi connectivity index (χ4n) is 6.38. The lowest BCUT2D eigenvalue weighted by Crippen LogP contribution is -1.96. The van der Waals surface area contributed by atoms with Crippen LogP contribution in [0, 0.1) is 0 Å². The van der Waals surface area contributed by atoms with E-state index in [9.17, 15) is 0 Å². The lowest BCUT2D eigenvalue weighted by Gasteiger charge is -2.10. The van der Waals surface area contributed by atoms with Gasteiger partial charge in [0.1, 0.15) is 0 Å². The summed E-state index contributed by atoms with van der Waals surface area (Å²) in [6.07, 6.45) is 9.98. The predicted molar refractivity (Wildman–Crippen MR) is 158 cm³/mol. The van der Waals surface area contributed by atoms with Crippen LogP contribution in [0.25, 0.3) is 54.1 Å².